The van der Waals surface area contributed by atoms with Crippen LogP contribution in [0.4, 0.5) is 0 Å². The maximum Gasteiger partial charge on any atom is 0.193 e. The standard InChI is InChI=1S/C17H27N3O2S.HI/c1-17(2)10-12-20(13-17)16(18-3)19-11-9-14-5-7-15(8-6-14)23(4,21)22;/h5-8H,9-13H2,1-4H3,(H,18,19);1H. The molecule has 1 aliphatic heterocycles. The van der Waals surface area contributed by atoms with Crippen LogP contribution in [-0.4, -0.2) is 52.2 Å². The van der Waals surface area contributed by atoms with Crippen molar-refractivity contribution >= 4 is 39.8 Å². The van der Waals surface area contributed by atoms with Gasteiger partial charge in [0.05, 0.1) is 4.90 Å². The summed E-state index contributed by atoms with van der Waals surface area (Å²) < 4.78 is 22.9. The average molecular weight is 465 g/mol. The maximum atomic E-state index is 11.5. The predicted octanol–water partition coefficient (Wildman–Crippen LogP) is 2.56. The summed E-state index contributed by atoms with van der Waals surface area (Å²) >= 11 is 0. The smallest absolute Gasteiger partial charge is 0.193 e. The molecule has 1 saturated heterocycles. The van der Waals surface area contributed by atoms with Gasteiger partial charge in [0.25, 0.3) is 0 Å². The van der Waals surface area contributed by atoms with Crippen LogP contribution in [0.15, 0.2) is 34.2 Å². The Labute approximate surface area is 162 Å². The summed E-state index contributed by atoms with van der Waals surface area (Å²) in [6.45, 7) is 7.40. The van der Waals surface area contributed by atoms with Gasteiger partial charge >= 0.3 is 0 Å². The van der Waals surface area contributed by atoms with Crippen molar-refractivity contribution < 1.29 is 8.42 Å². The van der Waals surface area contributed by atoms with Crippen molar-refractivity contribution in [1.29, 1.82) is 0 Å². The zero-order valence-corrected chi connectivity index (χ0v) is 18.0. The lowest BCUT2D eigenvalue weighted by Gasteiger charge is -2.23. The third-order valence-corrected chi connectivity index (χ3v) is 5.37. The molecule has 1 aliphatic rings. The highest BCUT2D eigenvalue weighted by molar-refractivity contribution is 14.0. The zero-order valence-electron chi connectivity index (χ0n) is 14.9. The number of sulfone groups is 1. The number of nitrogens with one attached hydrogen (secondary N) is 1. The number of halogens is 1. The van der Waals surface area contributed by atoms with Crippen molar-refractivity contribution in [3.8, 4) is 0 Å². The van der Waals surface area contributed by atoms with E-state index in [1.54, 1.807) is 12.1 Å². The normalized spacial score (nSPS) is 17.5. The summed E-state index contributed by atoms with van der Waals surface area (Å²) in [6.07, 6.45) is 3.24. The number of likely N-dealkylation sites (tertiary alicyclic amines) is 1. The molecular formula is C17H28IN3O2S. The van der Waals surface area contributed by atoms with Crippen molar-refractivity contribution in [2.24, 2.45) is 10.4 Å². The third kappa shape index (κ3) is 5.91. The topological polar surface area (TPSA) is 61.8 Å². The van der Waals surface area contributed by atoms with E-state index in [9.17, 15) is 8.42 Å². The first-order valence-corrected chi connectivity index (χ1v) is 9.85. The first kappa shape index (κ1) is 21.2. The highest BCUT2D eigenvalue weighted by Gasteiger charge is 2.30. The highest BCUT2D eigenvalue weighted by Crippen LogP contribution is 2.28. The molecule has 1 heterocycles. The molecular weight excluding hydrogens is 437 g/mol. The lowest BCUT2D eigenvalue weighted by Crippen LogP contribution is -2.41. The lowest BCUT2D eigenvalue weighted by atomic mass is 9.93. The van der Waals surface area contributed by atoms with Crippen LogP contribution in [0.1, 0.15) is 25.8 Å². The molecule has 1 N–H and O–H groups in total. The largest absolute Gasteiger partial charge is 0.356 e. The van der Waals surface area contributed by atoms with Crippen LogP contribution in [0.25, 0.3) is 0 Å². The van der Waals surface area contributed by atoms with E-state index in [1.165, 1.54) is 12.7 Å². The van der Waals surface area contributed by atoms with Crippen molar-refractivity contribution in [1.82, 2.24) is 10.2 Å². The molecule has 2 rings (SSSR count). The fraction of sp³-hybridized carbons (Fsp3) is 0.588. The molecule has 5 nitrogen and oxygen atoms in total. The van der Waals surface area contributed by atoms with Crippen LogP contribution < -0.4 is 5.32 Å². The van der Waals surface area contributed by atoms with E-state index in [0.717, 1.165) is 37.6 Å². The van der Waals surface area contributed by atoms with Gasteiger partial charge in [-0.1, -0.05) is 26.0 Å². The molecule has 0 atom stereocenters. The van der Waals surface area contributed by atoms with Crippen LogP contribution in [0, 0.1) is 5.41 Å². The minimum Gasteiger partial charge on any atom is -0.356 e. The summed E-state index contributed by atoms with van der Waals surface area (Å²) in [5.74, 6) is 0.948. The van der Waals surface area contributed by atoms with Crippen LogP contribution >= 0.6 is 24.0 Å². The molecule has 0 amide bonds. The van der Waals surface area contributed by atoms with Crippen LogP contribution in [0.5, 0.6) is 0 Å². The Bertz CT molecular complexity index is 670. The Balaban J connectivity index is 0.00000288. The first-order chi connectivity index (χ1) is 10.7. The molecule has 1 fully saturated rings. The second-order valence-corrected chi connectivity index (χ2v) is 8.99. The number of hydrogen-bond acceptors (Lipinski definition) is 3. The molecule has 0 spiro atoms. The third-order valence-electron chi connectivity index (χ3n) is 4.24. The molecule has 1 aromatic carbocycles. The molecule has 24 heavy (non-hydrogen) atoms. The van der Waals surface area contributed by atoms with E-state index in [2.05, 4.69) is 29.1 Å². The van der Waals surface area contributed by atoms with Gasteiger partial charge < -0.3 is 10.2 Å². The highest BCUT2D eigenvalue weighted by atomic mass is 127. The second-order valence-electron chi connectivity index (χ2n) is 6.98. The van der Waals surface area contributed by atoms with E-state index in [0.29, 0.717) is 10.3 Å². The zero-order chi connectivity index (χ0) is 17.1. The van der Waals surface area contributed by atoms with Crippen molar-refractivity contribution in [2.45, 2.75) is 31.6 Å². The van der Waals surface area contributed by atoms with E-state index in [-0.39, 0.29) is 24.0 Å². The van der Waals surface area contributed by atoms with Gasteiger partial charge in [-0.05, 0) is 36.0 Å². The molecule has 0 bridgehead atoms. The molecule has 0 saturated carbocycles. The Morgan fingerprint density at radius 1 is 1.29 bits per heavy atom. The fourth-order valence-electron chi connectivity index (χ4n) is 2.85. The summed E-state index contributed by atoms with van der Waals surface area (Å²) in [5, 5.41) is 3.40. The SMILES string of the molecule is CN=C(NCCc1ccc(S(C)(=O)=O)cc1)N1CCC(C)(C)C1.I. The summed E-state index contributed by atoms with van der Waals surface area (Å²) in [4.78, 5) is 7.03. The minimum atomic E-state index is -3.12. The Hall–Kier alpha value is -0.830. The Morgan fingerprint density at radius 3 is 2.38 bits per heavy atom. The summed E-state index contributed by atoms with van der Waals surface area (Å²) in [5.41, 5.74) is 1.46. The van der Waals surface area contributed by atoms with Crippen molar-refractivity contribution in [2.75, 3.05) is 32.9 Å². The first-order valence-electron chi connectivity index (χ1n) is 7.96. The Kier molecular flexibility index (Phi) is 7.52. The molecule has 1 aromatic rings. The molecule has 0 radical (unpaired) electrons. The lowest BCUT2D eigenvalue weighted by molar-refractivity contribution is 0.370. The number of aliphatic imine (C=N–C) groups is 1. The number of nitrogens with zero attached hydrogens (tertiary/aromatic N) is 2. The maximum absolute atomic E-state index is 11.5. The predicted molar refractivity (Wildman–Crippen MR) is 110 cm³/mol. The molecule has 136 valence electrons. The Morgan fingerprint density at radius 2 is 1.92 bits per heavy atom. The van der Waals surface area contributed by atoms with Crippen LogP contribution in [0.2, 0.25) is 0 Å². The van der Waals surface area contributed by atoms with Gasteiger partial charge in [0.15, 0.2) is 15.8 Å². The van der Waals surface area contributed by atoms with Gasteiger partial charge in [0.1, 0.15) is 0 Å². The molecule has 0 unspecified atom stereocenters. The van der Waals surface area contributed by atoms with Gasteiger partial charge in [-0.25, -0.2) is 8.42 Å². The summed E-state index contributed by atoms with van der Waals surface area (Å²) in [6, 6.07) is 7.09. The number of hydrogen-bond donors (Lipinski definition) is 1. The van der Waals surface area contributed by atoms with Gasteiger partial charge in [0.2, 0.25) is 0 Å². The quantitative estimate of drug-likeness (QED) is 0.422. The van der Waals surface area contributed by atoms with Crippen molar-refractivity contribution in [3.05, 3.63) is 29.8 Å². The minimum absolute atomic E-state index is 0. The van der Waals surface area contributed by atoms with E-state index < -0.39 is 9.84 Å². The van der Waals surface area contributed by atoms with Gasteiger partial charge in [-0.3, -0.25) is 4.99 Å². The monoisotopic (exact) mass is 465 g/mol. The van der Waals surface area contributed by atoms with E-state index in [4.69, 9.17) is 0 Å². The fourth-order valence-corrected chi connectivity index (χ4v) is 3.48. The van der Waals surface area contributed by atoms with Gasteiger partial charge in [-0.15, -0.1) is 24.0 Å². The summed E-state index contributed by atoms with van der Waals surface area (Å²) in [7, 11) is -1.31. The van der Waals surface area contributed by atoms with E-state index >= 15 is 0 Å². The van der Waals surface area contributed by atoms with Crippen molar-refractivity contribution in [3.63, 3.8) is 0 Å². The molecule has 0 aromatic heterocycles. The van der Waals surface area contributed by atoms with Gasteiger partial charge in [0, 0.05) is 32.9 Å². The van der Waals surface area contributed by atoms with Crippen LogP contribution in [-0.2, 0) is 16.3 Å². The number of benzene rings is 1. The van der Waals surface area contributed by atoms with Crippen LogP contribution in [0.3, 0.4) is 0 Å². The van der Waals surface area contributed by atoms with Gasteiger partial charge in [-0.2, -0.15) is 0 Å². The average Bonchev–Trinajstić information content (AvgIpc) is 2.83. The molecule has 0 aliphatic carbocycles. The molecule has 7 heteroatoms. The number of rotatable bonds is 4. The van der Waals surface area contributed by atoms with E-state index in [1.807, 2.05) is 19.2 Å². The second kappa shape index (κ2) is 8.51. The number of guanidine groups is 1.